The van der Waals surface area contributed by atoms with Gasteiger partial charge in [0.25, 0.3) is 0 Å². The summed E-state index contributed by atoms with van der Waals surface area (Å²) in [5.74, 6) is 2.71. The molecule has 0 aliphatic heterocycles. The molecular weight excluding hydrogens is 657 g/mol. The highest BCUT2D eigenvalue weighted by Crippen LogP contribution is 2.35. The summed E-state index contributed by atoms with van der Waals surface area (Å²) in [4.78, 5) is 0. The molecule has 0 spiro atoms. The average Bonchev–Trinajstić information content (AvgIpc) is 3.22. The highest BCUT2D eigenvalue weighted by atomic mass is 14.9. The first-order chi connectivity index (χ1) is 26.3. The summed E-state index contributed by atoms with van der Waals surface area (Å²) in [7, 11) is 0. The second-order valence-electron chi connectivity index (χ2n) is 11.6. The molecule has 4 aromatic carbocycles. The smallest absolute Gasteiger partial charge is 0.0991 e. The molecule has 1 aliphatic carbocycles. The van der Waals surface area contributed by atoms with Crippen molar-refractivity contribution in [2.24, 2.45) is 5.92 Å². The Bertz CT molecular complexity index is 2020. The van der Waals surface area contributed by atoms with E-state index in [-0.39, 0.29) is 0 Å². The Labute approximate surface area is 328 Å². The third-order valence-electron chi connectivity index (χ3n) is 7.86. The first kappa shape index (κ1) is 48.2. The largest absolute Gasteiger partial charge is 0.385 e. The standard InChI is InChI=1S/C27H24N2.C14H18N2.C3H4.3C2H6/c1-4-6-20-11-13-23-25(15-12-21-10-8-18(3)26(20)27(21)23)29-24-14-9-19(17-28)16-22(24)7-5-2;1-3-4-6-12(2)11-16-14-8-5-7-13(9-14)10-15;1-3-2;3*1-2/h4,6,8-16,29H,3,5,7H2,1-2H3;3-4,6,8-9,12,16H,1,5,7,11H2,2H3;1H,2H3;3*1-2H3/b2*6-4-;;;;. The summed E-state index contributed by atoms with van der Waals surface area (Å²) in [6, 6.07) is 23.2. The van der Waals surface area contributed by atoms with E-state index >= 15 is 0 Å². The molecule has 1 unspecified atom stereocenters. The number of anilines is 2. The van der Waals surface area contributed by atoms with Crippen LogP contribution in [0.4, 0.5) is 11.4 Å². The highest BCUT2D eigenvalue weighted by Gasteiger charge is 2.12. The van der Waals surface area contributed by atoms with E-state index in [0.29, 0.717) is 11.5 Å². The van der Waals surface area contributed by atoms with Crippen molar-refractivity contribution in [3.8, 4) is 24.5 Å². The molecular formula is C50H64N4. The predicted octanol–water partition coefficient (Wildman–Crippen LogP) is 13.5. The van der Waals surface area contributed by atoms with Crippen molar-refractivity contribution in [2.45, 2.75) is 94.9 Å². The van der Waals surface area contributed by atoms with Gasteiger partial charge in [0.2, 0.25) is 0 Å². The number of aryl methyl sites for hydroxylation is 1. The van der Waals surface area contributed by atoms with E-state index in [2.05, 4.69) is 123 Å². The molecule has 1 aliphatic rings. The first-order valence-corrected chi connectivity index (χ1v) is 19.4. The number of nitrogens with one attached hydrogen (secondary N) is 2. The molecule has 4 nitrogen and oxygen atoms in total. The molecule has 284 valence electrons. The monoisotopic (exact) mass is 721 g/mol. The third-order valence-corrected chi connectivity index (χ3v) is 7.86. The van der Waals surface area contributed by atoms with Gasteiger partial charge in [-0.2, -0.15) is 10.5 Å². The van der Waals surface area contributed by atoms with E-state index in [4.69, 9.17) is 5.26 Å². The van der Waals surface area contributed by atoms with Gasteiger partial charge in [-0.15, -0.1) is 12.3 Å². The van der Waals surface area contributed by atoms with E-state index < -0.39 is 0 Å². The highest BCUT2D eigenvalue weighted by molar-refractivity contribution is 6.17. The number of nitrogens with zero attached hydrogens (tertiary/aromatic N) is 2. The maximum Gasteiger partial charge on any atom is 0.0991 e. The van der Waals surface area contributed by atoms with Crippen molar-refractivity contribution in [1.82, 2.24) is 5.32 Å². The Balaban J connectivity index is 0.000000953. The van der Waals surface area contributed by atoms with Crippen LogP contribution >= 0.6 is 0 Å². The van der Waals surface area contributed by atoms with Crippen LogP contribution < -0.4 is 15.9 Å². The SMILES string of the molecule is C#CC.C=C/C=C\C(C)CNC1=CCCC(C#N)=C1.C=c1ccc2ccc(Nc3ccc(C#N)cc3CCC)c3ccc(/C=C\C)c1c23.CC.CC.CC. The summed E-state index contributed by atoms with van der Waals surface area (Å²) >= 11 is 0. The topological polar surface area (TPSA) is 71.6 Å². The van der Waals surface area contributed by atoms with E-state index in [1.807, 2.05) is 78.8 Å². The van der Waals surface area contributed by atoms with Crippen molar-refractivity contribution in [1.29, 1.82) is 10.5 Å². The van der Waals surface area contributed by atoms with Crippen LogP contribution in [-0.4, -0.2) is 6.54 Å². The minimum Gasteiger partial charge on any atom is -0.385 e. The Hall–Kier alpha value is -5.76. The summed E-state index contributed by atoms with van der Waals surface area (Å²) in [6.07, 6.45) is 22.5. The van der Waals surface area contributed by atoms with Crippen LogP contribution in [0.25, 0.3) is 34.2 Å². The van der Waals surface area contributed by atoms with Crippen LogP contribution in [0.3, 0.4) is 0 Å². The molecule has 0 aromatic heterocycles. The second kappa shape index (κ2) is 28.8. The lowest BCUT2D eigenvalue weighted by Gasteiger charge is -2.17. The number of hydrogen-bond donors (Lipinski definition) is 2. The number of benzene rings is 4. The second-order valence-corrected chi connectivity index (χ2v) is 11.6. The van der Waals surface area contributed by atoms with Crippen molar-refractivity contribution < 1.29 is 0 Å². The van der Waals surface area contributed by atoms with Gasteiger partial charge < -0.3 is 10.6 Å². The molecule has 54 heavy (non-hydrogen) atoms. The lowest BCUT2D eigenvalue weighted by atomic mass is 9.94. The normalized spacial score (nSPS) is 11.7. The van der Waals surface area contributed by atoms with Crippen LogP contribution in [0.2, 0.25) is 0 Å². The van der Waals surface area contributed by atoms with Gasteiger partial charge in [-0.05, 0) is 102 Å². The van der Waals surface area contributed by atoms with Crippen LogP contribution in [0, 0.1) is 40.9 Å². The van der Waals surface area contributed by atoms with Crippen LogP contribution in [0.15, 0.2) is 109 Å². The van der Waals surface area contributed by atoms with Crippen molar-refractivity contribution in [3.63, 3.8) is 0 Å². The first-order valence-electron chi connectivity index (χ1n) is 19.4. The Morgan fingerprint density at radius 1 is 0.926 bits per heavy atom. The molecule has 0 heterocycles. The summed E-state index contributed by atoms with van der Waals surface area (Å²) in [5.41, 5.74) is 7.13. The molecule has 0 radical (unpaired) electrons. The quantitative estimate of drug-likeness (QED) is 0.126. The number of nitriles is 2. The third kappa shape index (κ3) is 15.1. The molecule has 0 bridgehead atoms. The molecule has 0 amide bonds. The van der Waals surface area contributed by atoms with Crippen molar-refractivity contribution >= 4 is 45.6 Å². The van der Waals surface area contributed by atoms with Crippen molar-refractivity contribution in [2.75, 3.05) is 11.9 Å². The van der Waals surface area contributed by atoms with Gasteiger partial charge >= 0.3 is 0 Å². The van der Waals surface area contributed by atoms with Gasteiger partial charge in [0.15, 0.2) is 0 Å². The maximum atomic E-state index is 9.25. The number of allylic oxidation sites excluding steroid dienone is 6. The van der Waals surface area contributed by atoms with Gasteiger partial charge in [0, 0.05) is 34.6 Å². The fraction of sp³-hybridized carbons (Fsp3) is 0.320. The molecule has 4 aromatic rings. The Morgan fingerprint density at radius 3 is 2.20 bits per heavy atom. The zero-order valence-corrected chi connectivity index (χ0v) is 34.7. The molecule has 0 saturated carbocycles. The van der Waals surface area contributed by atoms with E-state index in [1.165, 1.54) is 32.7 Å². The van der Waals surface area contributed by atoms with Crippen LogP contribution in [0.5, 0.6) is 0 Å². The summed E-state index contributed by atoms with van der Waals surface area (Å²) in [6.45, 7) is 28.8. The zero-order chi connectivity index (χ0) is 40.9. The molecule has 0 fully saturated rings. The molecule has 2 N–H and O–H groups in total. The van der Waals surface area contributed by atoms with Gasteiger partial charge in [-0.1, -0.05) is 142 Å². The molecule has 1 atom stereocenters. The number of rotatable bonds is 10. The summed E-state index contributed by atoms with van der Waals surface area (Å²) < 4.78 is 0. The maximum absolute atomic E-state index is 9.25. The lowest BCUT2D eigenvalue weighted by molar-refractivity contribution is 0.653. The number of terminal acetylenes is 1. The Morgan fingerprint density at radius 2 is 1.59 bits per heavy atom. The number of hydrogen-bond acceptors (Lipinski definition) is 4. The van der Waals surface area contributed by atoms with Gasteiger partial charge in [0.1, 0.15) is 0 Å². The minimum atomic E-state index is 0.458. The molecule has 0 saturated heterocycles. The van der Waals surface area contributed by atoms with Gasteiger partial charge in [-0.3, -0.25) is 0 Å². The van der Waals surface area contributed by atoms with Crippen molar-refractivity contribution in [3.05, 3.63) is 131 Å². The van der Waals surface area contributed by atoms with E-state index in [9.17, 15) is 5.26 Å². The molecule has 5 rings (SSSR count). The van der Waals surface area contributed by atoms with E-state index in [0.717, 1.165) is 60.1 Å². The van der Waals surface area contributed by atoms with Crippen LogP contribution in [0.1, 0.15) is 105 Å². The van der Waals surface area contributed by atoms with Gasteiger partial charge in [-0.25, -0.2) is 0 Å². The predicted molar refractivity (Wildman–Crippen MR) is 241 cm³/mol. The fourth-order valence-corrected chi connectivity index (χ4v) is 5.61. The average molecular weight is 721 g/mol. The molecule has 4 heteroatoms. The lowest BCUT2D eigenvalue weighted by Crippen LogP contribution is -2.19. The zero-order valence-electron chi connectivity index (χ0n) is 34.7. The van der Waals surface area contributed by atoms with Crippen LogP contribution in [-0.2, 0) is 6.42 Å². The van der Waals surface area contributed by atoms with E-state index in [1.54, 1.807) is 13.0 Å². The Kier molecular flexibility index (Phi) is 25.7. The summed E-state index contributed by atoms with van der Waals surface area (Å²) in [5, 5.41) is 30.9. The fourth-order valence-electron chi connectivity index (χ4n) is 5.61. The minimum absolute atomic E-state index is 0.458. The van der Waals surface area contributed by atoms with Gasteiger partial charge in [0.05, 0.1) is 17.7 Å².